The Morgan fingerprint density at radius 3 is 2.78 bits per heavy atom. The number of hydrogen-bond acceptors (Lipinski definition) is 4. The second kappa shape index (κ2) is 6.06. The Bertz CT molecular complexity index is 392. The number of rotatable bonds is 4. The fourth-order valence-corrected chi connectivity index (χ4v) is 3.94. The molecule has 100 valence electrons. The molecule has 2 aliphatic heterocycles. The summed E-state index contributed by atoms with van der Waals surface area (Å²) in [5, 5.41) is 0. The summed E-state index contributed by atoms with van der Waals surface area (Å²) in [5.74, 6) is 0.117. The fourth-order valence-electron chi connectivity index (χ4n) is 2.43. The fraction of sp³-hybridized carbons (Fsp3) is 0.692. The van der Waals surface area contributed by atoms with Gasteiger partial charge < -0.3 is 4.90 Å². The van der Waals surface area contributed by atoms with E-state index in [9.17, 15) is 4.79 Å². The lowest BCUT2D eigenvalue weighted by molar-refractivity contribution is -0.122. The van der Waals surface area contributed by atoms with Crippen LogP contribution in [0.3, 0.4) is 0 Å². The topological polar surface area (TPSA) is 23.6 Å². The highest BCUT2D eigenvalue weighted by Gasteiger charge is 2.35. The van der Waals surface area contributed by atoms with Gasteiger partial charge in [0.15, 0.2) is 0 Å². The minimum absolute atomic E-state index is 0.117. The summed E-state index contributed by atoms with van der Waals surface area (Å²) in [4.78, 5) is 17.3. The predicted octanol–water partition coefficient (Wildman–Crippen LogP) is 2.97. The monoisotopic (exact) mass is 284 g/mol. The van der Waals surface area contributed by atoms with Crippen LogP contribution in [0.1, 0.15) is 39.5 Å². The Morgan fingerprint density at radius 1 is 1.39 bits per heavy atom. The second-order valence-corrected chi connectivity index (χ2v) is 6.28. The zero-order valence-corrected chi connectivity index (χ0v) is 12.7. The van der Waals surface area contributed by atoms with Gasteiger partial charge in [0.05, 0.1) is 4.91 Å². The van der Waals surface area contributed by atoms with Crippen molar-refractivity contribution in [3.05, 3.63) is 10.6 Å². The number of carbonyl (C=O) groups excluding carboxylic acids is 1. The third kappa shape index (κ3) is 2.57. The number of likely N-dealkylation sites (N-methyl/N-ethyl adjacent to an activating group) is 1. The molecular weight excluding hydrogens is 264 g/mol. The minimum atomic E-state index is 0.117. The van der Waals surface area contributed by atoms with Crippen molar-refractivity contribution >= 4 is 34.2 Å². The summed E-state index contributed by atoms with van der Waals surface area (Å²) in [7, 11) is 0. The number of unbranched alkanes of at least 4 members (excludes halogenated alkanes) is 1. The standard InChI is InChI=1S/C13H20N2OS2/c1-3-5-8-14-9-6-7-10(14)11-12(16)15(4-2)13(17)18-11/h3-9H2,1-2H3/b11-10-. The molecule has 18 heavy (non-hydrogen) atoms. The molecule has 1 amide bonds. The highest BCUT2D eigenvalue weighted by molar-refractivity contribution is 8.26. The van der Waals surface area contributed by atoms with Crippen LogP contribution >= 0.6 is 24.0 Å². The van der Waals surface area contributed by atoms with Crippen LogP contribution in [0.4, 0.5) is 0 Å². The quantitative estimate of drug-likeness (QED) is 0.585. The zero-order chi connectivity index (χ0) is 13.1. The van der Waals surface area contributed by atoms with Gasteiger partial charge in [0, 0.05) is 25.3 Å². The average molecular weight is 284 g/mol. The molecule has 0 aromatic rings. The third-order valence-electron chi connectivity index (χ3n) is 3.43. The van der Waals surface area contributed by atoms with Crippen molar-refractivity contribution in [3.8, 4) is 0 Å². The van der Waals surface area contributed by atoms with E-state index in [-0.39, 0.29) is 5.91 Å². The number of thioether (sulfide) groups is 1. The molecule has 0 bridgehead atoms. The van der Waals surface area contributed by atoms with E-state index >= 15 is 0 Å². The van der Waals surface area contributed by atoms with Gasteiger partial charge in [-0.2, -0.15) is 0 Å². The van der Waals surface area contributed by atoms with Gasteiger partial charge in [-0.1, -0.05) is 37.3 Å². The van der Waals surface area contributed by atoms with Gasteiger partial charge in [-0.25, -0.2) is 0 Å². The molecule has 2 heterocycles. The number of carbonyl (C=O) groups is 1. The largest absolute Gasteiger partial charge is 0.374 e. The second-order valence-electron chi connectivity index (χ2n) is 4.64. The first-order valence-electron chi connectivity index (χ1n) is 6.70. The van der Waals surface area contributed by atoms with E-state index in [1.54, 1.807) is 4.90 Å². The van der Waals surface area contributed by atoms with E-state index in [1.807, 2.05) is 6.92 Å². The van der Waals surface area contributed by atoms with Crippen molar-refractivity contribution in [1.29, 1.82) is 0 Å². The van der Waals surface area contributed by atoms with Crippen LogP contribution in [0.25, 0.3) is 0 Å². The molecule has 2 aliphatic rings. The lowest BCUT2D eigenvalue weighted by atomic mass is 10.2. The number of thiocarbonyl (C=S) groups is 1. The first-order chi connectivity index (χ1) is 8.69. The number of nitrogens with zero attached hydrogens (tertiary/aromatic N) is 2. The molecule has 3 nitrogen and oxygen atoms in total. The summed E-state index contributed by atoms with van der Waals surface area (Å²) < 4.78 is 0.715. The summed E-state index contributed by atoms with van der Waals surface area (Å²) in [5.41, 5.74) is 1.23. The van der Waals surface area contributed by atoms with Crippen LogP contribution in [-0.2, 0) is 4.79 Å². The Hall–Kier alpha value is -0.550. The lowest BCUT2D eigenvalue weighted by Crippen LogP contribution is -2.28. The Labute approximate surface area is 119 Å². The SMILES string of the molecule is CCCCN1CCC/C1=C1/SC(=S)N(CC)C1=O. The number of hydrogen-bond donors (Lipinski definition) is 0. The number of likely N-dealkylation sites (tertiary alicyclic amines) is 1. The molecule has 0 unspecified atom stereocenters. The molecule has 0 aliphatic carbocycles. The molecule has 0 radical (unpaired) electrons. The zero-order valence-electron chi connectivity index (χ0n) is 11.1. The van der Waals surface area contributed by atoms with E-state index in [0.717, 1.165) is 30.8 Å². The van der Waals surface area contributed by atoms with Crippen molar-refractivity contribution in [1.82, 2.24) is 9.80 Å². The molecule has 0 saturated carbocycles. The Morgan fingerprint density at radius 2 is 2.17 bits per heavy atom. The van der Waals surface area contributed by atoms with Crippen molar-refractivity contribution in [3.63, 3.8) is 0 Å². The maximum Gasteiger partial charge on any atom is 0.267 e. The minimum Gasteiger partial charge on any atom is -0.374 e. The van der Waals surface area contributed by atoms with Gasteiger partial charge in [-0.05, 0) is 26.2 Å². The van der Waals surface area contributed by atoms with Gasteiger partial charge in [0.2, 0.25) is 0 Å². The molecule has 0 aromatic heterocycles. The molecule has 2 rings (SSSR count). The summed E-state index contributed by atoms with van der Waals surface area (Å²) >= 11 is 6.76. The van der Waals surface area contributed by atoms with Crippen LogP contribution in [-0.4, -0.2) is 39.7 Å². The van der Waals surface area contributed by atoms with Gasteiger partial charge in [-0.15, -0.1) is 0 Å². The average Bonchev–Trinajstić information content (AvgIpc) is 2.91. The van der Waals surface area contributed by atoms with Crippen LogP contribution < -0.4 is 0 Å². The number of allylic oxidation sites excluding steroid dienone is 1. The van der Waals surface area contributed by atoms with Gasteiger partial charge in [0.25, 0.3) is 5.91 Å². The van der Waals surface area contributed by atoms with Gasteiger partial charge in [0.1, 0.15) is 4.32 Å². The van der Waals surface area contributed by atoms with Crippen molar-refractivity contribution in [2.24, 2.45) is 0 Å². The molecule has 2 saturated heterocycles. The van der Waals surface area contributed by atoms with E-state index in [0.29, 0.717) is 10.9 Å². The van der Waals surface area contributed by atoms with Crippen molar-refractivity contribution < 1.29 is 4.79 Å². The summed E-state index contributed by atoms with van der Waals surface area (Å²) in [6.45, 7) is 7.01. The molecule has 0 spiro atoms. The van der Waals surface area contributed by atoms with Crippen LogP contribution in [0, 0.1) is 0 Å². The van der Waals surface area contributed by atoms with Gasteiger partial charge in [-0.3, -0.25) is 9.69 Å². The van der Waals surface area contributed by atoms with Crippen molar-refractivity contribution in [2.75, 3.05) is 19.6 Å². The Balaban J connectivity index is 2.19. The predicted molar refractivity (Wildman–Crippen MR) is 80.3 cm³/mol. The van der Waals surface area contributed by atoms with Crippen LogP contribution in [0.15, 0.2) is 10.6 Å². The lowest BCUT2D eigenvalue weighted by Gasteiger charge is -2.20. The first kappa shape index (κ1) is 13.9. The highest BCUT2D eigenvalue weighted by Crippen LogP contribution is 2.37. The maximum absolute atomic E-state index is 12.3. The van der Waals surface area contributed by atoms with Crippen LogP contribution in [0.2, 0.25) is 0 Å². The highest BCUT2D eigenvalue weighted by atomic mass is 32.2. The maximum atomic E-state index is 12.3. The molecule has 0 atom stereocenters. The Kier molecular flexibility index (Phi) is 4.67. The van der Waals surface area contributed by atoms with Crippen LogP contribution in [0.5, 0.6) is 0 Å². The van der Waals surface area contributed by atoms with E-state index in [2.05, 4.69) is 11.8 Å². The normalized spacial score (nSPS) is 24.6. The first-order valence-corrected chi connectivity index (χ1v) is 7.93. The summed E-state index contributed by atoms with van der Waals surface area (Å²) in [6, 6.07) is 0. The van der Waals surface area contributed by atoms with Gasteiger partial charge >= 0.3 is 0 Å². The smallest absolute Gasteiger partial charge is 0.267 e. The molecular formula is C13H20N2OS2. The molecule has 0 aromatic carbocycles. The molecule has 2 fully saturated rings. The number of amides is 1. The van der Waals surface area contributed by atoms with Crippen molar-refractivity contribution in [2.45, 2.75) is 39.5 Å². The molecule has 5 heteroatoms. The third-order valence-corrected chi connectivity index (χ3v) is 4.91. The van der Waals surface area contributed by atoms with E-state index in [4.69, 9.17) is 12.2 Å². The van der Waals surface area contributed by atoms with E-state index in [1.165, 1.54) is 30.3 Å². The molecule has 0 N–H and O–H groups in total. The van der Waals surface area contributed by atoms with E-state index < -0.39 is 0 Å². The summed E-state index contributed by atoms with van der Waals surface area (Å²) in [6.07, 6.45) is 4.57.